The lowest BCUT2D eigenvalue weighted by atomic mass is 9.97. The molecule has 11 amide bonds. The minimum atomic E-state index is -1.57. The molecule has 0 unspecified atom stereocenters. The second-order valence-corrected chi connectivity index (χ2v) is 25.1. The van der Waals surface area contributed by atoms with E-state index in [0.717, 1.165) is 34.0 Å². The van der Waals surface area contributed by atoms with Gasteiger partial charge in [-0.1, -0.05) is 128 Å². The zero-order chi connectivity index (χ0) is 70.0. The van der Waals surface area contributed by atoms with Crippen molar-refractivity contribution in [2.24, 2.45) is 5.92 Å². The maximum atomic E-state index is 15.4. The number of carbonyl (C=O) groups is 12. The molecule has 6 rings (SSSR count). The number of aromatic nitrogens is 1. The molecule has 24 nitrogen and oxygen atoms in total. The summed E-state index contributed by atoms with van der Waals surface area (Å²) in [5.74, 6) is -9.50. The number of rotatable bonds is 11. The maximum absolute atomic E-state index is 15.4. The first-order valence-electron chi connectivity index (χ1n) is 31.2. The fraction of sp³-hybridized carbons (Fsp3) is 0.420. The summed E-state index contributed by atoms with van der Waals surface area (Å²) >= 11 is 12.7. The van der Waals surface area contributed by atoms with Crippen molar-refractivity contribution >= 4 is 94.1 Å². The van der Waals surface area contributed by atoms with E-state index in [4.69, 9.17) is 23.2 Å². The summed E-state index contributed by atoms with van der Waals surface area (Å²) in [4.78, 5) is 182. The van der Waals surface area contributed by atoms with Gasteiger partial charge in [0.25, 0.3) is 5.91 Å². The number of likely N-dealkylation sites (N-methyl/N-ethyl adjacent to an activating group) is 7. The highest BCUT2D eigenvalue weighted by atomic mass is 35.5. The Morgan fingerprint density at radius 1 is 0.463 bits per heavy atom. The molecular weight excluding hydrogens is 1260 g/mol. The normalized spacial score (nSPS) is 22.8. The van der Waals surface area contributed by atoms with Crippen molar-refractivity contribution in [3.05, 3.63) is 166 Å². The first-order valence-corrected chi connectivity index (χ1v) is 32.0. The van der Waals surface area contributed by atoms with E-state index in [0.29, 0.717) is 38.7 Å². The topological polar surface area (TPSA) is 281 Å². The molecule has 2 heterocycles. The fourth-order valence-electron chi connectivity index (χ4n) is 10.7. The van der Waals surface area contributed by atoms with Gasteiger partial charge in [0.2, 0.25) is 65.0 Å². The van der Waals surface area contributed by atoms with Crippen LogP contribution in [0.2, 0.25) is 10.0 Å². The van der Waals surface area contributed by atoms with Crippen LogP contribution in [-0.2, 0) is 78.4 Å². The predicted octanol–water partition coefficient (Wildman–Crippen LogP) is 3.52. The molecule has 5 aromatic rings. The number of hydrogen-bond acceptors (Lipinski definition) is 12. The molecule has 4 N–H and O–H groups in total. The molecule has 9 atom stereocenters. The lowest BCUT2D eigenvalue weighted by Gasteiger charge is -2.35. The average molecular weight is 1350 g/mol. The second-order valence-electron chi connectivity index (χ2n) is 24.2. The van der Waals surface area contributed by atoms with Gasteiger partial charge in [-0.3, -0.25) is 62.1 Å². The quantitative estimate of drug-likeness (QED) is 0.148. The Labute approximate surface area is 564 Å². The SMILES string of the molecule is CC[C@H](C)[C@@H]1NC(=O)[C@H](C)N(C)C(=O)C[C@@H](C(=O)n2cccc2)NC(=O)[C@H](C)N(C)C(=O)[C@H](Cc2ccccc2)N(C)C(=O)[C@H](Cc2ccccc2)NC(=O)[C@H](Cc2cccc(Cl)c2)NC(=O)CN(C)C(=O)[C@H](Cc2ccc(Cl)cc2)N(C)C(=O)CN(C)C(=O)CN(C)C1=O. The van der Waals surface area contributed by atoms with Crippen LogP contribution in [0.1, 0.15) is 67.6 Å². The van der Waals surface area contributed by atoms with Crippen molar-refractivity contribution in [3.8, 4) is 0 Å². The van der Waals surface area contributed by atoms with Crippen molar-refractivity contribution in [2.75, 3.05) is 69.0 Å². The van der Waals surface area contributed by atoms with Crippen LogP contribution in [0.5, 0.6) is 0 Å². The summed E-state index contributed by atoms with van der Waals surface area (Å²) in [7, 11) is 9.47. The summed E-state index contributed by atoms with van der Waals surface area (Å²) in [6.45, 7) is 4.56. The first-order chi connectivity index (χ1) is 45.0. The molecular formula is C69H86Cl2N12O12. The van der Waals surface area contributed by atoms with Crippen LogP contribution in [0.25, 0.3) is 0 Å². The van der Waals surface area contributed by atoms with Gasteiger partial charge in [0.15, 0.2) is 0 Å². The van der Waals surface area contributed by atoms with Crippen LogP contribution in [0.4, 0.5) is 0 Å². The lowest BCUT2D eigenvalue weighted by Crippen LogP contribution is -2.60. The van der Waals surface area contributed by atoms with Crippen LogP contribution in [0, 0.1) is 5.92 Å². The van der Waals surface area contributed by atoms with Gasteiger partial charge < -0.3 is 55.6 Å². The van der Waals surface area contributed by atoms with E-state index >= 15 is 14.4 Å². The third-order valence-electron chi connectivity index (χ3n) is 17.3. The van der Waals surface area contributed by atoms with E-state index < -0.39 is 151 Å². The van der Waals surface area contributed by atoms with Gasteiger partial charge in [0.1, 0.15) is 48.3 Å². The molecule has 0 bridgehead atoms. The Morgan fingerprint density at radius 3 is 1.57 bits per heavy atom. The van der Waals surface area contributed by atoms with Gasteiger partial charge >= 0.3 is 0 Å². The van der Waals surface area contributed by atoms with Crippen molar-refractivity contribution in [3.63, 3.8) is 0 Å². The zero-order valence-corrected chi connectivity index (χ0v) is 57.0. The molecule has 1 aliphatic heterocycles. The Hall–Kier alpha value is -9.42. The smallest absolute Gasteiger partial charge is 0.253 e. The van der Waals surface area contributed by atoms with E-state index in [2.05, 4.69) is 21.3 Å². The van der Waals surface area contributed by atoms with Crippen molar-refractivity contribution in [1.29, 1.82) is 0 Å². The number of benzene rings is 4. The molecule has 508 valence electrons. The molecule has 1 saturated heterocycles. The molecule has 0 radical (unpaired) electrons. The minimum Gasteiger partial charge on any atom is -0.342 e. The largest absolute Gasteiger partial charge is 0.342 e. The van der Waals surface area contributed by atoms with Gasteiger partial charge in [-0.25, -0.2) is 0 Å². The number of nitrogens with one attached hydrogen (secondary N) is 4. The highest BCUT2D eigenvalue weighted by Crippen LogP contribution is 2.21. The molecule has 26 heteroatoms. The number of amides is 11. The summed E-state index contributed by atoms with van der Waals surface area (Å²) in [5, 5.41) is 11.8. The molecule has 0 aliphatic carbocycles. The molecule has 1 aromatic heterocycles. The van der Waals surface area contributed by atoms with Gasteiger partial charge in [0, 0.05) is 97.5 Å². The first kappa shape index (κ1) is 74.6. The van der Waals surface area contributed by atoms with Crippen molar-refractivity contribution < 1.29 is 57.5 Å². The molecule has 0 saturated carbocycles. The number of hydrogen-bond donors (Lipinski definition) is 4. The summed E-state index contributed by atoms with van der Waals surface area (Å²) in [6.07, 6.45) is 2.12. The van der Waals surface area contributed by atoms with Gasteiger partial charge in [0.05, 0.1) is 26.1 Å². The van der Waals surface area contributed by atoms with Crippen LogP contribution >= 0.6 is 23.2 Å². The van der Waals surface area contributed by atoms with E-state index in [1.165, 1.54) is 80.5 Å². The Kier molecular flexibility index (Phi) is 27.2. The third kappa shape index (κ3) is 20.5. The van der Waals surface area contributed by atoms with Crippen LogP contribution in [0.3, 0.4) is 0 Å². The van der Waals surface area contributed by atoms with Crippen molar-refractivity contribution in [2.45, 2.75) is 115 Å². The van der Waals surface area contributed by atoms with E-state index in [1.807, 2.05) is 0 Å². The van der Waals surface area contributed by atoms with Crippen LogP contribution in [0.15, 0.2) is 134 Å². The zero-order valence-electron chi connectivity index (χ0n) is 55.5. The molecule has 0 spiro atoms. The summed E-state index contributed by atoms with van der Waals surface area (Å²) < 4.78 is 1.16. The average Bonchev–Trinajstić information content (AvgIpc) is 1.20. The fourth-order valence-corrected chi connectivity index (χ4v) is 11.1. The molecule has 1 fully saturated rings. The number of halogens is 2. The van der Waals surface area contributed by atoms with Crippen LogP contribution < -0.4 is 21.3 Å². The summed E-state index contributed by atoms with van der Waals surface area (Å²) in [5.41, 5.74) is 2.33. The second kappa shape index (κ2) is 34.7. The Morgan fingerprint density at radius 2 is 0.979 bits per heavy atom. The van der Waals surface area contributed by atoms with Crippen LogP contribution in [-0.4, -0.2) is 227 Å². The third-order valence-corrected chi connectivity index (χ3v) is 17.8. The number of nitrogens with zero attached hydrogens (tertiary/aromatic N) is 8. The number of carbonyl (C=O) groups excluding carboxylic acids is 12. The van der Waals surface area contributed by atoms with E-state index in [9.17, 15) is 43.2 Å². The molecule has 95 heavy (non-hydrogen) atoms. The van der Waals surface area contributed by atoms with Gasteiger partial charge in [-0.15, -0.1) is 0 Å². The molecule has 1 aliphatic rings. The molecule has 4 aromatic carbocycles. The maximum Gasteiger partial charge on any atom is 0.253 e. The monoisotopic (exact) mass is 1340 g/mol. The van der Waals surface area contributed by atoms with Gasteiger partial charge in [-0.2, -0.15) is 0 Å². The predicted molar refractivity (Wildman–Crippen MR) is 358 cm³/mol. The Bertz CT molecular complexity index is 3550. The standard InChI is InChI=1S/C69H86Cl2N12O12/c1-12-43(2)61-69(95)78(7)41-59(86)76(5)42-60(87)81(10)55(38-48-28-30-50(70)31-29-48)67(93)77(6)40-57(84)72-52(36-49-26-21-27-51(71)34-49)64(90)74-53(35-46-22-15-13-16-23-46)65(91)82(11)56(37-47-24-17-14-18-25-47)68(94)80(9)45(4)62(88)73-54(66(92)83-32-19-20-33-83)39-58(85)79(8)44(3)63(89)75-61/h13-34,43-45,52-56,61H,12,35-42H2,1-11H3,(H,72,84)(H,73,88)(H,74,90)(H,75,89)/t43-,44-,45-,52-,53-,54-,55-,56-,61-/m0/s1. The van der Waals surface area contributed by atoms with E-state index in [-0.39, 0.29) is 25.7 Å². The van der Waals surface area contributed by atoms with Gasteiger partial charge in [-0.05, 0) is 78.4 Å². The highest BCUT2D eigenvalue weighted by Gasteiger charge is 2.40. The van der Waals surface area contributed by atoms with E-state index in [1.54, 1.807) is 135 Å². The lowest BCUT2D eigenvalue weighted by molar-refractivity contribution is -0.148. The summed E-state index contributed by atoms with van der Waals surface area (Å²) in [6, 6.07) is 22.9. The minimum absolute atomic E-state index is 0.0769. The highest BCUT2D eigenvalue weighted by molar-refractivity contribution is 6.30. The van der Waals surface area contributed by atoms with Crippen molar-refractivity contribution in [1.82, 2.24) is 60.1 Å². The Balaban J connectivity index is 1.43.